The summed E-state index contributed by atoms with van der Waals surface area (Å²) in [6, 6.07) is 18.0. The summed E-state index contributed by atoms with van der Waals surface area (Å²) < 4.78 is 5.31. The number of ether oxygens (including phenoxy) is 1. The van der Waals surface area contributed by atoms with Gasteiger partial charge in [-0.15, -0.1) is 0 Å². The summed E-state index contributed by atoms with van der Waals surface area (Å²) >= 11 is 0. The van der Waals surface area contributed by atoms with E-state index in [0.717, 1.165) is 11.1 Å². The van der Waals surface area contributed by atoms with Crippen molar-refractivity contribution in [3.63, 3.8) is 0 Å². The second kappa shape index (κ2) is 14.2. The first kappa shape index (κ1) is 28.8. The normalized spacial score (nSPS) is 12.8. The molecule has 2 aromatic rings. The molecule has 0 aliphatic heterocycles. The van der Waals surface area contributed by atoms with Crippen LogP contribution in [0.15, 0.2) is 60.7 Å². The summed E-state index contributed by atoms with van der Waals surface area (Å²) in [6.07, 6.45) is 1.20. The van der Waals surface area contributed by atoms with Gasteiger partial charge in [0.05, 0.1) is 0 Å². The predicted molar refractivity (Wildman–Crippen MR) is 139 cm³/mol. The number of esters is 1. The van der Waals surface area contributed by atoms with Crippen LogP contribution in [-0.4, -0.2) is 35.1 Å². The van der Waals surface area contributed by atoms with Crippen LogP contribution < -0.4 is 10.6 Å². The van der Waals surface area contributed by atoms with Gasteiger partial charge in [-0.2, -0.15) is 0 Å². The monoisotopic (exact) mass is 494 g/mol. The molecule has 0 radical (unpaired) electrons. The van der Waals surface area contributed by atoms with Gasteiger partial charge in [-0.1, -0.05) is 60.7 Å². The zero-order valence-electron chi connectivity index (χ0n) is 21.7. The molecule has 2 N–H and O–H groups in total. The molecule has 0 aliphatic rings. The first-order valence-electron chi connectivity index (χ1n) is 12.4. The minimum atomic E-state index is -0.883. The summed E-state index contributed by atoms with van der Waals surface area (Å²) in [4.78, 5) is 50.5. The molecule has 7 heteroatoms. The predicted octanol–water partition coefficient (Wildman–Crippen LogP) is 4.14. The molecule has 0 saturated carbocycles. The van der Waals surface area contributed by atoms with Crippen LogP contribution in [0.5, 0.6) is 0 Å². The largest absolute Gasteiger partial charge is 0.459 e. The summed E-state index contributed by atoms with van der Waals surface area (Å²) in [5, 5.41) is 5.54. The fourth-order valence-corrected chi connectivity index (χ4v) is 3.66. The van der Waals surface area contributed by atoms with Crippen LogP contribution in [0.3, 0.4) is 0 Å². The van der Waals surface area contributed by atoms with Gasteiger partial charge < -0.3 is 15.4 Å². The highest BCUT2D eigenvalue weighted by atomic mass is 16.5. The van der Waals surface area contributed by atoms with Crippen molar-refractivity contribution >= 4 is 23.6 Å². The third kappa shape index (κ3) is 11.3. The Bertz CT molecular complexity index is 999. The highest BCUT2D eigenvalue weighted by molar-refractivity contribution is 5.90. The van der Waals surface area contributed by atoms with Gasteiger partial charge in [-0.25, -0.2) is 4.79 Å². The lowest BCUT2D eigenvalue weighted by Crippen LogP contribution is -2.44. The maximum atomic E-state index is 13.0. The smallest absolute Gasteiger partial charge is 0.328 e. The molecule has 2 aromatic carbocycles. The molecular weight excluding hydrogens is 456 g/mol. The van der Waals surface area contributed by atoms with Crippen LogP contribution >= 0.6 is 0 Å². The van der Waals surface area contributed by atoms with E-state index in [-0.39, 0.29) is 37.6 Å². The Morgan fingerprint density at radius 3 is 2.03 bits per heavy atom. The maximum Gasteiger partial charge on any atom is 0.328 e. The number of amides is 2. The number of ketones is 1. The lowest BCUT2D eigenvalue weighted by molar-refractivity contribution is -0.149. The standard InChI is InChI=1S/C29H38N2O5/c1-21(28(35)36-20-23-13-9-6-10-14-23)30-27(34)24(16-18-26(33)31-29(2,3)4)19-25(32)17-15-22-11-7-5-8-12-22/h5-14,21,24H,15-20H2,1-4H3,(H,30,34)(H,31,33)/t21-,24+/m0/s1. The van der Waals surface area contributed by atoms with Crippen LogP contribution in [0.25, 0.3) is 0 Å². The zero-order valence-corrected chi connectivity index (χ0v) is 21.7. The summed E-state index contributed by atoms with van der Waals surface area (Å²) in [5.74, 6) is -1.96. The molecule has 0 spiro atoms. The van der Waals surface area contributed by atoms with E-state index in [1.807, 2.05) is 81.4 Å². The molecule has 7 nitrogen and oxygen atoms in total. The van der Waals surface area contributed by atoms with Gasteiger partial charge in [0.25, 0.3) is 0 Å². The summed E-state index contributed by atoms with van der Waals surface area (Å²) in [6.45, 7) is 7.29. The second-order valence-corrected chi connectivity index (χ2v) is 10.1. The zero-order chi connectivity index (χ0) is 26.6. The molecule has 0 bridgehead atoms. The third-order valence-electron chi connectivity index (χ3n) is 5.55. The van der Waals surface area contributed by atoms with Crippen LogP contribution in [0, 0.1) is 5.92 Å². The molecule has 0 saturated heterocycles. The SMILES string of the molecule is C[C@H](NC(=O)[C@H](CCC(=O)NC(C)(C)C)CC(=O)CCc1ccccc1)C(=O)OCc1ccccc1. The number of carbonyl (C=O) groups is 4. The quantitative estimate of drug-likeness (QED) is 0.408. The van der Waals surface area contributed by atoms with Crippen molar-refractivity contribution in [3.05, 3.63) is 71.8 Å². The highest BCUT2D eigenvalue weighted by Crippen LogP contribution is 2.16. The van der Waals surface area contributed by atoms with Gasteiger partial charge >= 0.3 is 5.97 Å². The molecule has 2 atom stereocenters. The van der Waals surface area contributed by atoms with Crippen LogP contribution in [0.1, 0.15) is 64.5 Å². The minimum absolute atomic E-state index is 0.00719. The summed E-state index contributed by atoms with van der Waals surface area (Å²) in [5.41, 5.74) is 1.50. The number of aryl methyl sites for hydroxylation is 1. The molecule has 0 aliphatic carbocycles. The lowest BCUT2D eigenvalue weighted by Gasteiger charge is -2.22. The van der Waals surface area contributed by atoms with Crippen molar-refractivity contribution in [2.24, 2.45) is 5.92 Å². The van der Waals surface area contributed by atoms with E-state index in [4.69, 9.17) is 4.74 Å². The number of nitrogens with one attached hydrogen (secondary N) is 2. The second-order valence-electron chi connectivity index (χ2n) is 10.1. The van der Waals surface area contributed by atoms with E-state index in [9.17, 15) is 19.2 Å². The van der Waals surface area contributed by atoms with Crippen molar-refractivity contribution in [2.45, 2.75) is 78.0 Å². The van der Waals surface area contributed by atoms with Gasteiger partial charge in [0.15, 0.2) is 0 Å². The van der Waals surface area contributed by atoms with E-state index in [2.05, 4.69) is 10.6 Å². The Labute approximate surface area is 214 Å². The van der Waals surface area contributed by atoms with Gasteiger partial charge in [0, 0.05) is 30.7 Å². The maximum absolute atomic E-state index is 13.0. The molecule has 0 aromatic heterocycles. The Hall–Kier alpha value is -3.48. The molecule has 0 fully saturated rings. The van der Waals surface area contributed by atoms with Gasteiger partial charge in [0.1, 0.15) is 18.4 Å². The van der Waals surface area contributed by atoms with Crippen LogP contribution in [0.2, 0.25) is 0 Å². The number of carbonyl (C=O) groups excluding carboxylic acids is 4. The Balaban J connectivity index is 1.95. The van der Waals surface area contributed by atoms with Gasteiger partial charge in [0.2, 0.25) is 11.8 Å². The molecule has 2 amide bonds. The van der Waals surface area contributed by atoms with Crippen molar-refractivity contribution in [1.29, 1.82) is 0 Å². The van der Waals surface area contributed by atoms with E-state index in [1.54, 1.807) is 6.92 Å². The average Bonchev–Trinajstić information content (AvgIpc) is 2.83. The fourth-order valence-electron chi connectivity index (χ4n) is 3.66. The number of hydrogen-bond donors (Lipinski definition) is 2. The molecule has 0 unspecified atom stereocenters. The summed E-state index contributed by atoms with van der Waals surface area (Å²) in [7, 11) is 0. The van der Waals surface area contributed by atoms with E-state index in [1.165, 1.54) is 0 Å². The Kier molecular flexibility index (Phi) is 11.3. The van der Waals surface area contributed by atoms with Crippen molar-refractivity contribution < 1.29 is 23.9 Å². The minimum Gasteiger partial charge on any atom is -0.459 e. The fraction of sp³-hybridized carbons (Fsp3) is 0.448. The Morgan fingerprint density at radius 2 is 1.44 bits per heavy atom. The number of rotatable bonds is 13. The van der Waals surface area contributed by atoms with Crippen molar-refractivity contribution in [1.82, 2.24) is 10.6 Å². The number of Topliss-reactive ketones (excluding diaryl/α,β-unsaturated/α-hetero) is 1. The van der Waals surface area contributed by atoms with E-state index in [0.29, 0.717) is 12.8 Å². The van der Waals surface area contributed by atoms with Crippen molar-refractivity contribution in [3.8, 4) is 0 Å². The molecule has 2 rings (SSSR count). The topological polar surface area (TPSA) is 102 Å². The van der Waals surface area contributed by atoms with E-state index < -0.39 is 29.4 Å². The van der Waals surface area contributed by atoms with Crippen molar-refractivity contribution in [2.75, 3.05) is 0 Å². The van der Waals surface area contributed by atoms with Gasteiger partial charge in [-0.3, -0.25) is 14.4 Å². The van der Waals surface area contributed by atoms with E-state index >= 15 is 0 Å². The number of hydrogen-bond acceptors (Lipinski definition) is 5. The lowest BCUT2D eigenvalue weighted by atomic mass is 9.93. The van der Waals surface area contributed by atoms with Gasteiger partial charge in [-0.05, 0) is 51.7 Å². The first-order chi connectivity index (χ1) is 17.0. The number of benzene rings is 2. The molecule has 36 heavy (non-hydrogen) atoms. The van der Waals surface area contributed by atoms with Crippen LogP contribution in [-0.2, 0) is 36.9 Å². The molecule has 194 valence electrons. The Morgan fingerprint density at radius 1 is 0.861 bits per heavy atom. The molecule has 0 heterocycles. The van der Waals surface area contributed by atoms with Crippen LogP contribution in [0.4, 0.5) is 0 Å². The third-order valence-corrected chi connectivity index (χ3v) is 5.55. The average molecular weight is 495 g/mol. The highest BCUT2D eigenvalue weighted by Gasteiger charge is 2.27. The molecular formula is C29H38N2O5. The first-order valence-corrected chi connectivity index (χ1v) is 12.4.